The van der Waals surface area contributed by atoms with E-state index in [0.717, 1.165) is 13.0 Å². The molecule has 1 amide bonds. The molecule has 0 spiro atoms. The zero-order chi connectivity index (χ0) is 15.2. The molecule has 1 N–H and O–H groups in total. The summed E-state index contributed by atoms with van der Waals surface area (Å²) in [6, 6.07) is 6.90. The summed E-state index contributed by atoms with van der Waals surface area (Å²) in [4.78, 5) is 26.9. The molecule has 1 aromatic rings. The molecule has 1 aliphatic rings. The Morgan fingerprint density at radius 1 is 1.10 bits per heavy atom. The van der Waals surface area contributed by atoms with Crippen molar-refractivity contribution in [3.05, 3.63) is 34.9 Å². The lowest BCUT2D eigenvalue weighted by Gasteiger charge is -2.21. The van der Waals surface area contributed by atoms with Gasteiger partial charge in [-0.1, -0.05) is 11.6 Å². The highest BCUT2D eigenvalue weighted by molar-refractivity contribution is 6.30. The van der Waals surface area contributed by atoms with Gasteiger partial charge >= 0.3 is 5.97 Å². The fourth-order valence-electron chi connectivity index (χ4n) is 2.43. The number of carboxylic acids is 1. The highest BCUT2D eigenvalue weighted by Gasteiger charge is 2.20. The summed E-state index contributed by atoms with van der Waals surface area (Å²) in [7, 11) is 0. The van der Waals surface area contributed by atoms with E-state index in [9.17, 15) is 9.59 Å². The van der Waals surface area contributed by atoms with Crippen molar-refractivity contribution in [3.63, 3.8) is 0 Å². The molecular weight excluding hydrogens is 292 g/mol. The molecule has 0 atom stereocenters. The fourth-order valence-corrected chi connectivity index (χ4v) is 2.55. The molecule has 21 heavy (non-hydrogen) atoms. The van der Waals surface area contributed by atoms with E-state index in [1.165, 1.54) is 0 Å². The van der Waals surface area contributed by atoms with E-state index in [-0.39, 0.29) is 12.3 Å². The van der Waals surface area contributed by atoms with Gasteiger partial charge in [-0.3, -0.25) is 9.59 Å². The summed E-state index contributed by atoms with van der Waals surface area (Å²) in [6.45, 7) is 3.41. The number of hydrogen-bond donors (Lipinski definition) is 1. The number of benzene rings is 1. The van der Waals surface area contributed by atoms with Crippen LogP contribution in [0.1, 0.15) is 23.2 Å². The van der Waals surface area contributed by atoms with Gasteiger partial charge in [0.05, 0.1) is 6.42 Å². The summed E-state index contributed by atoms with van der Waals surface area (Å²) in [5.41, 5.74) is 0.637. The first-order valence-corrected chi connectivity index (χ1v) is 7.43. The van der Waals surface area contributed by atoms with Crippen molar-refractivity contribution in [1.82, 2.24) is 9.80 Å². The van der Waals surface area contributed by atoms with Crippen LogP contribution >= 0.6 is 11.6 Å². The fraction of sp³-hybridized carbons (Fsp3) is 0.467. The Balaban J connectivity index is 1.91. The van der Waals surface area contributed by atoms with Crippen molar-refractivity contribution in [2.45, 2.75) is 12.8 Å². The van der Waals surface area contributed by atoms with E-state index in [2.05, 4.69) is 4.90 Å². The number of carboxylic acid groups (broad SMARTS) is 1. The zero-order valence-corrected chi connectivity index (χ0v) is 12.6. The molecule has 1 fully saturated rings. The van der Waals surface area contributed by atoms with Crippen molar-refractivity contribution >= 4 is 23.5 Å². The maximum atomic E-state index is 12.4. The first kappa shape index (κ1) is 15.8. The minimum Gasteiger partial charge on any atom is -0.481 e. The molecule has 0 aromatic heterocycles. The van der Waals surface area contributed by atoms with Gasteiger partial charge in [-0.05, 0) is 37.2 Å². The van der Waals surface area contributed by atoms with Gasteiger partial charge in [0.25, 0.3) is 5.91 Å². The van der Waals surface area contributed by atoms with Gasteiger partial charge < -0.3 is 14.9 Å². The molecule has 0 saturated carbocycles. The van der Waals surface area contributed by atoms with Gasteiger partial charge in [-0.2, -0.15) is 0 Å². The summed E-state index contributed by atoms with van der Waals surface area (Å²) >= 11 is 5.83. The van der Waals surface area contributed by atoms with Crippen LogP contribution in [0, 0.1) is 0 Å². The van der Waals surface area contributed by atoms with E-state index in [0.29, 0.717) is 36.8 Å². The van der Waals surface area contributed by atoms with E-state index < -0.39 is 5.97 Å². The smallest absolute Gasteiger partial charge is 0.304 e. The summed E-state index contributed by atoms with van der Waals surface area (Å²) < 4.78 is 0. The van der Waals surface area contributed by atoms with Crippen LogP contribution in [0.4, 0.5) is 0 Å². The van der Waals surface area contributed by atoms with Crippen molar-refractivity contribution in [1.29, 1.82) is 0 Å². The second-order valence-electron chi connectivity index (χ2n) is 5.14. The third kappa shape index (κ3) is 4.72. The van der Waals surface area contributed by atoms with E-state index in [1.807, 2.05) is 4.90 Å². The first-order valence-electron chi connectivity index (χ1n) is 7.05. The number of aliphatic carboxylic acids is 1. The second kappa shape index (κ2) is 7.43. The number of carbonyl (C=O) groups excluding carboxylic acids is 1. The highest BCUT2D eigenvalue weighted by Crippen LogP contribution is 2.13. The summed E-state index contributed by atoms with van der Waals surface area (Å²) in [5.74, 6) is -0.778. The van der Waals surface area contributed by atoms with Crippen molar-refractivity contribution in [2.24, 2.45) is 0 Å². The number of hydrogen-bond acceptors (Lipinski definition) is 3. The Hall–Kier alpha value is -1.59. The van der Waals surface area contributed by atoms with Crippen LogP contribution in [-0.4, -0.2) is 59.5 Å². The molecule has 0 bridgehead atoms. The second-order valence-corrected chi connectivity index (χ2v) is 5.57. The van der Waals surface area contributed by atoms with Crippen LogP contribution in [-0.2, 0) is 4.79 Å². The van der Waals surface area contributed by atoms with Crippen molar-refractivity contribution in [2.75, 3.05) is 32.7 Å². The Kier molecular flexibility index (Phi) is 5.59. The van der Waals surface area contributed by atoms with Crippen LogP contribution in [0.5, 0.6) is 0 Å². The van der Waals surface area contributed by atoms with Gasteiger partial charge in [-0.25, -0.2) is 0 Å². The monoisotopic (exact) mass is 310 g/mol. The van der Waals surface area contributed by atoms with Crippen LogP contribution in [0.25, 0.3) is 0 Å². The van der Waals surface area contributed by atoms with Gasteiger partial charge in [0, 0.05) is 36.8 Å². The minimum absolute atomic E-state index is 0.00625. The maximum Gasteiger partial charge on any atom is 0.304 e. The lowest BCUT2D eigenvalue weighted by molar-refractivity contribution is -0.137. The van der Waals surface area contributed by atoms with Crippen molar-refractivity contribution < 1.29 is 14.7 Å². The standard InChI is InChI=1S/C15H19ClN2O3/c16-13-4-2-12(3-5-13)15(21)18-8-1-7-17(10-11-18)9-6-14(19)20/h2-5H,1,6-11H2,(H,19,20). The third-order valence-electron chi connectivity index (χ3n) is 3.61. The van der Waals surface area contributed by atoms with E-state index in [4.69, 9.17) is 16.7 Å². The number of halogens is 1. The SMILES string of the molecule is O=C(O)CCN1CCCN(C(=O)c2ccc(Cl)cc2)CC1. The molecule has 2 rings (SSSR count). The van der Waals surface area contributed by atoms with Gasteiger partial charge in [0.15, 0.2) is 0 Å². The Bertz CT molecular complexity index is 504. The van der Waals surface area contributed by atoms with E-state index in [1.54, 1.807) is 24.3 Å². The molecule has 1 aliphatic heterocycles. The lowest BCUT2D eigenvalue weighted by Crippen LogP contribution is -2.35. The van der Waals surface area contributed by atoms with Crippen LogP contribution in [0.15, 0.2) is 24.3 Å². The Labute approximate surface area is 129 Å². The van der Waals surface area contributed by atoms with Gasteiger partial charge in [0.2, 0.25) is 0 Å². The summed E-state index contributed by atoms with van der Waals surface area (Å²) in [5, 5.41) is 9.34. The first-order chi connectivity index (χ1) is 10.1. The quantitative estimate of drug-likeness (QED) is 0.923. The number of nitrogens with zero attached hydrogens (tertiary/aromatic N) is 2. The predicted octanol–water partition coefficient (Wildman–Crippen LogP) is 1.96. The maximum absolute atomic E-state index is 12.4. The molecule has 5 nitrogen and oxygen atoms in total. The molecule has 1 saturated heterocycles. The normalized spacial score (nSPS) is 16.5. The molecular formula is C15H19ClN2O3. The largest absolute Gasteiger partial charge is 0.481 e. The average molecular weight is 311 g/mol. The van der Waals surface area contributed by atoms with E-state index >= 15 is 0 Å². The number of amides is 1. The molecule has 1 heterocycles. The van der Waals surface area contributed by atoms with Crippen LogP contribution in [0.2, 0.25) is 5.02 Å². The van der Waals surface area contributed by atoms with Gasteiger partial charge in [-0.15, -0.1) is 0 Å². The van der Waals surface area contributed by atoms with Crippen molar-refractivity contribution in [3.8, 4) is 0 Å². The van der Waals surface area contributed by atoms with Crippen LogP contribution in [0.3, 0.4) is 0 Å². The minimum atomic E-state index is -0.784. The van der Waals surface area contributed by atoms with Crippen LogP contribution < -0.4 is 0 Å². The topological polar surface area (TPSA) is 60.9 Å². The third-order valence-corrected chi connectivity index (χ3v) is 3.86. The molecule has 1 aromatic carbocycles. The molecule has 6 heteroatoms. The Morgan fingerprint density at radius 2 is 1.81 bits per heavy atom. The summed E-state index contributed by atoms with van der Waals surface area (Å²) in [6.07, 6.45) is 1.00. The Morgan fingerprint density at radius 3 is 2.48 bits per heavy atom. The molecule has 114 valence electrons. The lowest BCUT2D eigenvalue weighted by atomic mass is 10.2. The number of carbonyl (C=O) groups is 2. The molecule has 0 aliphatic carbocycles. The molecule has 0 radical (unpaired) electrons. The molecule has 0 unspecified atom stereocenters. The van der Waals surface area contributed by atoms with Gasteiger partial charge in [0.1, 0.15) is 0 Å². The average Bonchev–Trinajstić information content (AvgIpc) is 2.70. The number of rotatable bonds is 4. The predicted molar refractivity (Wildman–Crippen MR) is 80.7 cm³/mol. The highest BCUT2D eigenvalue weighted by atomic mass is 35.5. The zero-order valence-electron chi connectivity index (χ0n) is 11.8.